The fraction of sp³-hybridized carbons (Fsp3) is 0.294. The third kappa shape index (κ3) is 3.27. The highest BCUT2D eigenvalue weighted by atomic mass is 35.5. The van der Waals surface area contributed by atoms with Gasteiger partial charge in [-0.3, -0.25) is 11.3 Å². The molecule has 0 aliphatic carbocycles. The van der Waals surface area contributed by atoms with Crippen molar-refractivity contribution in [2.75, 3.05) is 0 Å². The van der Waals surface area contributed by atoms with Gasteiger partial charge in [-0.15, -0.1) is 11.8 Å². The molecule has 0 saturated carbocycles. The highest BCUT2D eigenvalue weighted by molar-refractivity contribution is 8.00. The molecule has 0 saturated heterocycles. The molecule has 1 aliphatic heterocycles. The number of benzene rings is 2. The second kappa shape index (κ2) is 6.41. The minimum absolute atomic E-state index is 0.211. The number of thioether (sulfide) groups is 1. The first-order chi connectivity index (χ1) is 10.2. The van der Waals surface area contributed by atoms with Crippen molar-refractivity contribution < 1.29 is 0 Å². The molecule has 0 bridgehead atoms. The number of halogens is 1. The van der Waals surface area contributed by atoms with Crippen LogP contribution in [-0.4, -0.2) is 11.3 Å². The van der Waals surface area contributed by atoms with Gasteiger partial charge in [-0.2, -0.15) is 0 Å². The van der Waals surface area contributed by atoms with E-state index in [0.717, 1.165) is 23.4 Å². The summed E-state index contributed by atoms with van der Waals surface area (Å²) in [5, 5.41) is 1.28. The molecule has 2 aromatic carbocycles. The Balaban J connectivity index is 1.75. The second-order valence-electron chi connectivity index (χ2n) is 5.54. The van der Waals surface area contributed by atoms with Crippen LogP contribution in [0.4, 0.5) is 0 Å². The molecular weight excluding hydrogens is 300 g/mol. The van der Waals surface area contributed by atoms with E-state index in [4.69, 9.17) is 17.4 Å². The van der Waals surface area contributed by atoms with Gasteiger partial charge >= 0.3 is 0 Å². The quantitative estimate of drug-likeness (QED) is 0.666. The van der Waals surface area contributed by atoms with Crippen LogP contribution in [0.15, 0.2) is 47.4 Å². The van der Waals surface area contributed by atoms with Crippen LogP contribution in [-0.2, 0) is 12.8 Å². The van der Waals surface area contributed by atoms with Crippen molar-refractivity contribution in [1.82, 2.24) is 5.43 Å². The SMILES string of the molecule is Cc1ccc(CC(NN)C2Cc3ccccc3S2)c(Cl)c1. The molecule has 4 heteroatoms. The molecule has 2 aromatic rings. The maximum absolute atomic E-state index is 6.35. The Labute approximate surface area is 135 Å². The first kappa shape index (κ1) is 14.9. The summed E-state index contributed by atoms with van der Waals surface area (Å²) >= 11 is 8.26. The summed E-state index contributed by atoms with van der Waals surface area (Å²) in [6.45, 7) is 2.05. The number of rotatable bonds is 4. The number of aryl methyl sites for hydroxylation is 1. The number of fused-ring (bicyclic) bond motifs is 1. The van der Waals surface area contributed by atoms with Crippen LogP contribution in [0, 0.1) is 6.92 Å². The lowest BCUT2D eigenvalue weighted by atomic mass is 9.98. The van der Waals surface area contributed by atoms with Crippen molar-refractivity contribution in [3.63, 3.8) is 0 Å². The molecule has 0 fully saturated rings. The summed E-state index contributed by atoms with van der Waals surface area (Å²) in [7, 11) is 0. The van der Waals surface area contributed by atoms with Crippen molar-refractivity contribution >= 4 is 23.4 Å². The lowest BCUT2D eigenvalue weighted by Gasteiger charge is -2.22. The van der Waals surface area contributed by atoms with E-state index in [1.807, 2.05) is 17.8 Å². The van der Waals surface area contributed by atoms with E-state index in [2.05, 4.69) is 48.7 Å². The number of hydrogen-bond donors (Lipinski definition) is 2. The van der Waals surface area contributed by atoms with Gasteiger partial charge in [0.15, 0.2) is 0 Å². The van der Waals surface area contributed by atoms with E-state index in [9.17, 15) is 0 Å². The maximum Gasteiger partial charge on any atom is 0.0441 e. The van der Waals surface area contributed by atoms with Gasteiger partial charge in [0.2, 0.25) is 0 Å². The summed E-state index contributed by atoms with van der Waals surface area (Å²) in [5.41, 5.74) is 6.75. The van der Waals surface area contributed by atoms with E-state index >= 15 is 0 Å². The van der Waals surface area contributed by atoms with Gasteiger partial charge in [0, 0.05) is 21.2 Å². The van der Waals surface area contributed by atoms with Crippen LogP contribution in [0.1, 0.15) is 16.7 Å². The van der Waals surface area contributed by atoms with Gasteiger partial charge in [-0.25, -0.2) is 0 Å². The lowest BCUT2D eigenvalue weighted by Crippen LogP contribution is -2.44. The van der Waals surface area contributed by atoms with Crippen molar-refractivity contribution in [3.05, 3.63) is 64.2 Å². The zero-order valence-corrected chi connectivity index (χ0v) is 13.5. The van der Waals surface area contributed by atoms with Crippen LogP contribution >= 0.6 is 23.4 Å². The highest BCUT2D eigenvalue weighted by Crippen LogP contribution is 2.39. The van der Waals surface area contributed by atoms with Gasteiger partial charge in [-0.1, -0.05) is 41.9 Å². The first-order valence-electron chi connectivity index (χ1n) is 7.13. The van der Waals surface area contributed by atoms with Crippen molar-refractivity contribution in [1.29, 1.82) is 0 Å². The van der Waals surface area contributed by atoms with E-state index in [1.165, 1.54) is 16.0 Å². The average molecular weight is 319 g/mol. The predicted molar refractivity (Wildman–Crippen MR) is 90.8 cm³/mol. The molecule has 2 atom stereocenters. The maximum atomic E-state index is 6.35. The van der Waals surface area contributed by atoms with Crippen LogP contribution in [0.5, 0.6) is 0 Å². The summed E-state index contributed by atoms with van der Waals surface area (Å²) in [5.74, 6) is 5.81. The van der Waals surface area contributed by atoms with E-state index in [1.54, 1.807) is 0 Å². The number of nitrogens with two attached hydrogens (primary N) is 1. The third-order valence-corrected chi connectivity index (χ3v) is 5.79. The van der Waals surface area contributed by atoms with Gasteiger partial charge in [-0.05, 0) is 48.6 Å². The fourth-order valence-corrected chi connectivity index (χ4v) is 4.49. The molecule has 1 heterocycles. The molecular formula is C17H19ClN2S. The fourth-order valence-electron chi connectivity index (χ4n) is 2.79. The zero-order valence-electron chi connectivity index (χ0n) is 12.0. The zero-order chi connectivity index (χ0) is 14.8. The highest BCUT2D eigenvalue weighted by Gasteiger charge is 2.29. The first-order valence-corrected chi connectivity index (χ1v) is 8.39. The minimum Gasteiger partial charge on any atom is -0.271 e. The van der Waals surface area contributed by atoms with Crippen molar-refractivity contribution in [2.24, 2.45) is 5.84 Å². The largest absolute Gasteiger partial charge is 0.271 e. The van der Waals surface area contributed by atoms with E-state index < -0.39 is 0 Å². The summed E-state index contributed by atoms with van der Waals surface area (Å²) < 4.78 is 0. The van der Waals surface area contributed by atoms with Crippen LogP contribution in [0.25, 0.3) is 0 Å². The third-order valence-electron chi connectivity index (χ3n) is 3.98. The monoisotopic (exact) mass is 318 g/mol. The van der Waals surface area contributed by atoms with E-state index in [-0.39, 0.29) is 6.04 Å². The minimum atomic E-state index is 0.211. The Kier molecular flexibility index (Phi) is 4.55. The lowest BCUT2D eigenvalue weighted by molar-refractivity contribution is 0.506. The Morgan fingerprint density at radius 1 is 1.33 bits per heavy atom. The molecule has 110 valence electrons. The molecule has 21 heavy (non-hydrogen) atoms. The molecule has 0 amide bonds. The summed E-state index contributed by atoms with van der Waals surface area (Å²) in [6, 6.07) is 15.0. The smallest absolute Gasteiger partial charge is 0.0441 e. The number of hydrogen-bond acceptors (Lipinski definition) is 3. The topological polar surface area (TPSA) is 38.0 Å². The summed E-state index contributed by atoms with van der Waals surface area (Å²) in [6.07, 6.45) is 1.90. The molecule has 3 N–H and O–H groups in total. The molecule has 0 aromatic heterocycles. The van der Waals surface area contributed by atoms with Crippen LogP contribution < -0.4 is 11.3 Å². The molecule has 2 unspecified atom stereocenters. The molecule has 0 radical (unpaired) electrons. The average Bonchev–Trinajstić information content (AvgIpc) is 2.90. The molecule has 0 spiro atoms. The summed E-state index contributed by atoms with van der Waals surface area (Å²) in [4.78, 5) is 1.37. The Morgan fingerprint density at radius 2 is 2.14 bits per heavy atom. The van der Waals surface area contributed by atoms with Gasteiger partial charge in [0.05, 0.1) is 0 Å². The standard InChI is InChI=1S/C17H19ClN2S/c1-11-6-7-12(14(18)8-11)9-15(20-19)17-10-13-4-2-3-5-16(13)21-17/h2-8,15,17,20H,9-10,19H2,1H3. The second-order valence-corrected chi connectivity index (χ2v) is 7.23. The number of nitrogens with one attached hydrogen (secondary N) is 1. The predicted octanol–water partition coefficient (Wildman–Crippen LogP) is 3.74. The molecule has 2 nitrogen and oxygen atoms in total. The van der Waals surface area contributed by atoms with Crippen LogP contribution in [0.2, 0.25) is 5.02 Å². The van der Waals surface area contributed by atoms with Gasteiger partial charge in [0.25, 0.3) is 0 Å². The van der Waals surface area contributed by atoms with E-state index in [0.29, 0.717) is 5.25 Å². The normalized spacial score (nSPS) is 18.5. The van der Waals surface area contributed by atoms with Crippen LogP contribution in [0.3, 0.4) is 0 Å². The Morgan fingerprint density at radius 3 is 2.86 bits per heavy atom. The van der Waals surface area contributed by atoms with Gasteiger partial charge in [0.1, 0.15) is 0 Å². The van der Waals surface area contributed by atoms with Gasteiger partial charge < -0.3 is 0 Å². The Hall–Kier alpha value is -1.000. The van der Waals surface area contributed by atoms with Crippen molar-refractivity contribution in [2.45, 2.75) is 36.0 Å². The van der Waals surface area contributed by atoms with Crippen molar-refractivity contribution in [3.8, 4) is 0 Å². The number of hydrazine groups is 1. The molecule has 3 rings (SSSR count). The Bertz CT molecular complexity index is 619. The molecule has 1 aliphatic rings.